The van der Waals surface area contributed by atoms with Gasteiger partial charge in [-0.2, -0.15) is 0 Å². The lowest BCUT2D eigenvalue weighted by Gasteiger charge is -2.15. The molecule has 6 nitrogen and oxygen atoms in total. The van der Waals surface area contributed by atoms with Gasteiger partial charge in [-0.1, -0.05) is 20.8 Å². The third-order valence-corrected chi connectivity index (χ3v) is 4.15. The van der Waals surface area contributed by atoms with Crippen molar-refractivity contribution < 1.29 is 4.42 Å². The molecule has 0 unspecified atom stereocenters. The van der Waals surface area contributed by atoms with E-state index in [4.69, 9.17) is 4.42 Å². The predicted octanol–water partition coefficient (Wildman–Crippen LogP) is 3.13. The van der Waals surface area contributed by atoms with Crippen LogP contribution in [0.15, 0.2) is 15.6 Å². The molecule has 0 radical (unpaired) electrons. The molecule has 1 aromatic heterocycles. The van der Waals surface area contributed by atoms with E-state index in [0.29, 0.717) is 12.4 Å². The van der Waals surface area contributed by atoms with Gasteiger partial charge in [-0.25, -0.2) is 9.98 Å². The van der Waals surface area contributed by atoms with Crippen molar-refractivity contribution in [2.75, 3.05) is 32.7 Å². The topological polar surface area (TPSA) is 65.7 Å². The van der Waals surface area contributed by atoms with Crippen molar-refractivity contribution in [2.24, 2.45) is 4.99 Å². The molecule has 25 heavy (non-hydrogen) atoms. The molecule has 0 aliphatic carbocycles. The molecule has 7 heteroatoms. The summed E-state index contributed by atoms with van der Waals surface area (Å²) in [6.07, 6.45) is 5.65. The Balaban J connectivity index is 0.00000312. The highest BCUT2D eigenvalue weighted by molar-refractivity contribution is 14.0. The molecule has 1 aliphatic heterocycles. The van der Waals surface area contributed by atoms with Gasteiger partial charge in [0.05, 0.1) is 6.20 Å². The summed E-state index contributed by atoms with van der Waals surface area (Å²) < 4.78 is 5.79. The van der Waals surface area contributed by atoms with Gasteiger partial charge in [-0.15, -0.1) is 24.0 Å². The van der Waals surface area contributed by atoms with Gasteiger partial charge in [0, 0.05) is 18.5 Å². The van der Waals surface area contributed by atoms with Crippen LogP contribution in [-0.2, 0) is 12.0 Å². The molecular weight excluding hydrogens is 429 g/mol. The van der Waals surface area contributed by atoms with E-state index in [-0.39, 0.29) is 29.4 Å². The lowest BCUT2D eigenvalue weighted by atomic mass is 9.94. The minimum atomic E-state index is -0.0206. The second kappa shape index (κ2) is 11.0. The number of halogens is 1. The summed E-state index contributed by atoms with van der Waals surface area (Å²) in [6, 6.07) is 0. The summed E-state index contributed by atoms with van der Waals surface area (Å²) in [7, 11) is 0. The Kier molecular flexibility index (Phi) is 9.78. The quantitative estimate of drug-likeness (QED) is 0.282. The summed E-state index contributed by atoms with van der Waals surface area (Å²) in [6.45, 7) is 14.3. The monoisotopic (exact) mass is 463 g/mol. The molecule has 0 atom stereocenters. The molecule has 0 bridgehead atoms. The van der Waals surface area contributed by atoms with E-state index in [9.17, 15) is 0 Å². The standard InChI is InChI=1S/C18H33N5O.HI/c1-5-19-17(20-9-8-12-23-10-6-7-11-23)22-14-16-21-13-15(24-16)18(2,3)4;/h13H,5-12,14H2,1-4H3,(H2,19,20,22);1H. The summed E-state index contributed by atoms with van der Waals surface area (Å²) in [5, 5.41) is 6.67. The van der Waals surface area contributed by atoms with Crippen molar-refractivity contribution >= 4 is 29.9 Å². The molecule has 1 saturated heterocycles. The van der Waals surface area contributed by atoms with Crippen LogP contribution in [0.1, 0.15) is 58.6 Å². The Labute approximate surface area is 169 Å². The molecule has 1 aromatic rings. The fourth-order valence-corrected chi connectivity index (χ4v) is 2.73. The number of rotatable bonds is 7. The first kappa shape index (κ1) is 22.2. The smallest absolute Gasteiger partial charge is 0.216 e. The van der Waals surface area contributed by atoms with Crippen LogP contribution < -0.4 is 10.6 Å². The van der Waals surface area contributed by atoms with Gasteiger partial charge in [0.25, 0.3) is 0 Å². The van der Waals surface area contributed by atoms with Crippen LogP contribution in [0.5, 0.6) is 0 Å². The Morgan fingerprint density at radius 3 is 2.60 bits per heavy atom. The molecule has 0 amide bonds. The number of aromatic nitrogens is 1. The molecule has 144 valence electrons. The maximum Gasteiger partial charge on any atom is 0.216 e. The Morgan fingerprint density at radius 1 is 1.28 bits per heavy atom. The first-order chi connectivity index (χ1) is 11.5. The molecule has 2 rings (SSSR count). The van der Waals surface area contributed by atoms with Crippen molar-refractivity contribution in [1.82, 2.24) is 20.5 Å². The van der Waals surface area contributed by atoms with Crippen LogP contribution in [0, 0.1) is 0 Å². The van der Waals surface area contributed by atoms with E-state index in [1.165, 1.54) is 32.5 Å². The van der Waals surface area contributed by atoms with Crippen LogP contribution in [0.3, 0.4) is 0 Å². The zero-order valence-corrected chi connectivity index (χ0v) is 18.4. The molecule has 0 saturated carbocycles. The fourth-order valence-electron chi connectivity index (χ4n) is 2.73. The van der Waals surface area contributed by atoms with Gasteiger partial charge >= 0.3 is 0 Å². The summed E-state index contributed by atoms with van der Waals surface area (Å²) in [4.78, 5) is 11.4. The van der Waals surface area contributed by atoms with E-state index in [1.54, 1.807) is 6.20 Å². The SMILES string of the molecule is CCNC(=NCc1ncc(C(C)(C)C)o1)NCCCN1CCCC1.I. The minimum Gasteiger partial charge on any atom is -0.443 e. The number of guanidine groups is 1. The van der Waals surface area contributed by atoms with E-state index < -0.39 is 0 Å². The molecule has 0 aromatic carbocycles. The number of oxazole rings is 1. The predicted molar refractivity (Wildman–Crippen MR) is 114 cm³/mol. The zero-order chi connectivity index (χ0) is 17.4. The Bertz CT molecular complexity index is 518. The van der Waals surface area contributed by atoms with Gasteiger partial charge in [0.15, 0.2) is 5.96 Å². The first-order valence-corrected chi connectivity index (χ1v) is 9.19. The van der Waals surface area contributed by atoms with E-state index in [1.807, 2.05) is 0 Å². The lowest BCUT2D eigenvalue weighted by molar-refractivity contribution is 0.334. The molecule has 2 N–H and O–H groups in total. The van der Waals surface area contributed by atoms with Gasteiger partial charge < -0.3 is 20.0 Å². The van der Waals surface area contributed by atoms with Crippen LogP contribution in [0.4, 0.5) is 0 Å². The number of likely N-dealkylation sites (tertiary alicyclic amines) is 1. The maximum atomic E-state index is 5.79. The van der Waals surface area contributed by atoms with Crippen molar-refractivity contribution in [3.63, 3.8) is 0 Å². The molecule has 0 spiro atoms. The number of hydrogen-bond acceptors (Lipinski definition) is 4. The third kappa shape index (κ3) is 7.94. The van der Waals surface area contributed by atoms with E-state index in [0.717, 1.165) is 31.2 Å². The molecular formula is C18H34IN5O. The highest BCUT2D eigenvalue weighted by Gasteiger charge is 2.19. The number of nitrogens with zero attached hydrogens (tertiary/aromatic N) is 3. The zero-order valence-electron chi connectivity index (χ0n) is 16.1. The Hall–Kier alpha value is -0.830. The van der Waals surface area contributed by atoms with Gasteiger partial charge in [0.1, 0.15) is 12.3 Å². The van der Waals surface area contributed by atoms with Crippen LogP contribution in [0.2, 0.25) is 0 Å². The van der Waals surface area contributed by atoms with E-state index in [2.05, 4.69) is 53.2 Å². The van der Waals surface area contributed by atoms with Gasteiger partial charge in [-0.3, -0.25) is 0 Å². The molecule has 1 aliphatic rings. The maximum absolute atomic E-state index is 5.79. The van der Waals surface area contributed by atoms with Crippen molar-refractivity contribution in [3.8, 4) is 0 Å². The second-order valence-corrected chi connectivity index (χ2v) is 7.39. The average molecular weight is 463 g/mol. The number of hydrogen-bond donors (Lipinski definition) is 2. The fraction of sp³-hybridized carbons (Fsp3) is 0.778. The number of aliphatic imine (C=N–C) groups is 1. The van der Waals surface area contributed by atoms with E-state index >= 15 is 0 Å². The van der Waals surface area contributed by atoms with Gasteiger partial charge in [0.2, 0.25) is 5.89 Å². The summed E-state index contributed by atoms with van der Waals surface area (Å²) in [5.74, 6) is 2.39. The summed E-state index contributed by atoms with van der Waals surface area (Å²) >= 11 is 0. The van der Waals surface area contributed by atoms with Crippen molar-refractivity contribution in [2.45, 2.75) is 58.9 Å². The van der Waals surface area contributed by atoms with Crippen LogP contribution >= 0.6 is 24.0 Å². The largest absolute Gasteiger partial charge is 0.443 e. The highest BCUT2D eigenvalue weighted by Crippen LogP contribution is 2.22. The van der Waals surface area contributed by atoms with Crippen LogP contribution in [0.25, 0.3) is 0 Å². The normalized spacial score (nSPS) is 15.9. The van der Waals surface area contributed by atoms with Gasteiger partial charge in [-0.05, 0) is 45.8 Å². The van der Waals surface area contributed by atoms with Crippen molar-refractivity contribution in [1.29, 1.82) is 0 Å². The Morgan fingerprint density at radius 2 is 2.00 bits per heavy atom. The molecule has 2 heterocycles. The lowest BCUT2D eigenvalue weighted by Crippen LogP contribution is -2.38. The second-order valence-electron chi connectivity index (χ2n) is 7.39. The van der Waals surface area contributed by atoms with Crippen molar-refractivity contribution in [3.05, 3.63) is 17.8 Å². The van der Waals surface area contributed by atoms with Crippen LogP contribution in [-0.4, -0.2) is 48.6 Å². The third-order valence-electron chi connectivity index (χ3n) is 4.15. The number of nitrogens with one attached hydrogen (secondary N) is 2. The first-order valence-electron chi connectivity index (χ1n) is 9.19. The minimum absolute atomic E-state index is 0. The molecule has 1 fully saturated rings. The highest BCUT2D eigenvalue weighted by atomic mass is 127. The summed E-state index contributed by atoms with van der Waals surface area (Å²) in [5.41, 5.74) is -0.0206. The average Bonchev–Trinajstić information content (AvgIpc) is 3.19.